The van der Waals surface area contributed by atoms with Crippen molar-refractivity contribution in [1.82, 2.24) is 5.32 Å². The van der Waals surface area contributed by atoms with Gasteiger partial charge in [-0.25, -0.2) is 0 Å². The van der Waals surface area contributed by atoms with Gasteiger partial charge >= 0.3 is 0 Å². The lowest BCUT2D eigenvalue weighted by Crippen LogP contribution is -2.43. The Hall–Kier alpha value is -0.830. The minimum atomic E-state index is 0.147. The van der Waals surface area contributed by atoms with E-state index in [1.54, 1.807) is 0 Å². The van der Waals surface area contributed by atoms with Gasteiger partial charge in [-0.3, -0.25) is 4.79 Å². The highest BCUT2D eigenvalue weighted by Crippen LogP contribution is 2.42. The third-order valence-corrected chi connectivity index (χ3v) is 5.21. The van der Waals surface area contributed by atoms with Gasteiger partial charge in [0.2, 0.25) is 5.91 Å². The Labute approximate surface area is 130 Å². The topological polar surface area (TPSA) is 29.1 Å². The van der Waals surface area contributed by atoms with Crippen LogP contribution in [0.2, 0.25) is 0 Å². The normalized spacial score (nSPS) is 22.4. The van der Waals surface area contributed by atoms with Gasteiger partial charge in [-0.1, -0.05) is 66.5 Å². The Kier molecular flexibility index (Phi) is 5.25. The predicted molar refractivity (Wildman–Crippen MR) is 87.0 cm³/mol. The zero-order chi connectivity index (χ0) is 14.6. The third kappa shape index (κ3) is 3.85. The SMILES string of the molecule is CC1(C)CCCC1C(=O)NC(CBr)Cc1ccccc1. The molecule has 1 aliphatic carbocycles. The largest absolute Gasteiger partial charge is 0.352 e. The van der Waals surface area contributed by atoms with Crippen molar-refractivity contribution in [3.05, 3.63) is 35.9 Å². The maximum atomic E-state index is 12.5. The molecule has 0 radical (unpaired) electrons. The van der Waals surface area contributed by atoms with Crippen molar-refractivity contribution in [1.29, 1.82) is 0 Å². The van der Waals surface area contributed by atoms with Gasteiger partial charge in [0.25, 0.3) is 0 Å². The first-order valence-electron chi connectivity index (χ1n) is 7.43. The van der Waals surface area contributed by atoms with E-state index in [2.05, 4.69) is 47.2 Å². The maximum absolute atomic E-state index is 12.5. The van der Waals surface area contributed by atoms with Crippen molar-refractivity contribution in [2.24, 2.45) is 11.3 Å². The van der Waals surface area contributed by atoms with Crippen LogP contribution in [-0.4, -0.2) is 17.3 Å². The summed E-state index contributed by atoms with van der Waals surface area (Å²) in [6, 6.07) is 10.5. The lowest BCUT2D eigenvalue weighted by molar-refractivity contribution is -0.128. The number of hydrogen-bond donors (Lipinski definition) is 1. The van der Waals surface area contributed by atoms with Crippen LogP contribution in [0.25, 0.3) is 0 Å². The van der Waals surface area contributed by atoms with Gasteiger partial charge in [0.05, 0.1) is 0 Å². The summed E-state index contributed by atoms with van der Waals surface area (Å²) in [6.45, 7) is 4.43. The average molecular weight is 338 g/mol. The Balaban J connectivity index is 1.95. The first-order valence-corrected chi connectivity index (χ1v) is 8.55. The fourth-order valence-corrected chi connectivity index (χ4v) is 3.55. The van der Waals surface area contributed by atoms with Gasteiger partial charge in [0.1, 0.15) is 0 Å². The molecule has 1 aromatic rings. The second-order valence-electron chi connectivity index (χ2n) is 6.48. The van der Waals surface area contributed by atoms with Gasteiger partial charge in [-0.15, -0.1) is 0 Å². The van der Waals surface area contributed by atoms with Crippen LogP contribution < -0.4 is 5.32 Å². The number of rotatable bonds is 5. The summed E-state index contributed by atoms with van der Waals surface area (Å²) in [5.41, 5.74) is 1.41. The summed E-state index contributed by atoms with van der Waals surface area (Å²) in [5.74, 6) is 0.396. The van der Waals surface area contributed by atoms with Crippen molar-refractivity contribution in [3.63, 3.8) is 0 Å². The van der Waals surface area contributed by atoms with Crippen LogP contribution in [0.4, 0.5) is 0 Å². The van der Waals surface area contributed by atoms with E-state index in [1.807, 2.05) is 18.2 Å². The molecule has 0 spiro atoms. The van der Waals surface area contributed by atoms with Crippen molar-refractivity contribution < 1.29 is 4.79 Å². The van der Waals surface area contributed by atoms with Crippen molar-refractivity contribution >= 4 is 21.8 Å². The molecule has 1 amide bonds. The molecule has 110 valence electrons. The number of nitrogens with one attached hydrogen (secondary N) is 1. The van der Waals surface area contributed by atoms with Crippen LogP contribution in [0.5, 0.6) is 0 Å². The van der Waals surface area contributed by atoms with E-state index in [4.69, 9.17) is 0 Å². The summed E-state index contributed by atoms with van der Waals surface area (Å²) in [4.78, 5) is 12.5. The molecule has 2 unspecified atom stereocenters. The molecule has 1 aliphatic rings. The standard InChI is InChI=1S/C17H24BrNO/c1-17(2)10-6-9-15(17)16(20)19-14(12-18)11-13-7-4-3-5-8-13/h3-5,7-8,14-15H,6,9-12H2,1-2H3,(H,19,20). The van der Waals surface area contributed by atoms with Crippen molar-refractivity contribution in [3.8, 4) is 0 Å². The Morgan fingerprint density at radius 3 is 2.65 bits per heavy atom. The van der Waals surface area contributed by atoms with E-state index < -0.39 is 0 Å². The molecule has 3 heteroatoms. The molecule has 0 aromatic heterocycles. The molecule has 20 heavy (non-hydrogen) atoms. The van der Waals surface area contributed by atoms with E-state index in [0.29, 0.717) is 0 Å². The van der Waals surface area contributed by atoms with E-state index >= 15 is 0 Å². The number of hydrogen-bond acceptors (Lipinski definition) is 1. The number of halogens is 1. The Morgan fingerprint density at radius 2 is 2.10 bits per heavy atom. The number of benzene rings is 1. The van der Waals surface area contributed by atoms with Gasteiger partial charge in [0, 0.05) is 17.3 Å². The average Bonchev–Trinajstić information content (AvgIpc) is 2.78. The summed E-state index contributed by atoms with van der Waals surface area (Å²) < 4.78 is 0. The van der Waals surface area contributed by atoms with Crippen LogP contribution in [0.1, 0.15) is 38.7 Å². The fraction of sp³-hybridized carbons (Fsp3) is 0.588. The zero-order valence-corrected chi connectivity index (χ0v) is 13.9. The van der Waals surface area contributed by atoms with E-state index in [-0.39, 0.29) is 23.3 Å². The summed E-state index contributed by atoms with van der Waals surface area (Å²) >= 11 is 3.52. The van der Waals surface area contributed by atoms with Crippen LogP contribution in [0.3, 0.4) is 0 Å². The number of carbonyl (C=O) groups is 1. The van der Waals surface area contributed by atoms with E-state index in [1.165, 1.54) is 12.0 Å². The smallest absolute Gasteiger partial charge is 0.223 e. The highest BCUT2D eigenvalue weighted by atomic mass is 79.9. The molecule has 0 heterocycles. The highest BCUT2D eigenvalue weighted by Gasteiger charge is 2.39. The maximum Gasteiger partial charge on any atom is 0.223 e. The lowest BCUT2D eigenvalue weighted by atomic mass is 9.81. The Morgan fingerprint density at radius 1 is 1.40 bits per heavy atom. The van der Waals surface area contributed by atoms with Gasteiger partial charge in [-0.2, -0.15) is 0 Å². The first kappa shape index (κ1) is 15.6. The van der Waals surface area contributed by atoms with Crippen molar-refractivity contribution in [2.45, 2.75) is 45.6 Å². The van der Waals surface area contributed by atoms with Crippen LogP contribution in [0, 0.1) is 11.3 Å². The molecule has 1 N–H and O–H groups in total. The first-order chi connectivity index (χ1) is 9.53. The van der Waals surface area contributed by atoms with E-state index in [9.17, 15) is 4.79 Å². The van der Waals surface area contributed by atoms with Crippen molar-refractivity contribution in [2.75, 3.05) is 5.33 Å². The van der Waals surface area contributed by atoms with Crippen LogP contribution >= 0.6 is 15.9 Å². The van der Waals surface area contributed by atoms with Gasteiger partial charge in [0.15, 0.2) is 0 Å². The fourth-order valence-electron chi connectivity index (χ4n) is 3.16. The number of amides is 1. The molecule has 0 aliphatic heterocycles. The zero-order valence-electron chi connectivity index (χ0n) is 12.4. The highest BCUT2D eigenvalue weighted by molar-refractivity contribution is 9.09. The molecule has 0 bridgehead atoms. The quantitative estimate of drug-likeness (QED) is 0.810. The van der Waals surface area contributed by atoms with Crippen LogP contribution in [-0.2, 0) is 11.2 Å². The molecule has 1 aromatic carbocycles. The summed E-state index contributed by atoms with van der Waals surface area (Å²) in [6.07, 6.45) is 4.23. The van der Waals surface area contributed by atoms with Crippen LogP contribution in [0.15, 0.2) is 30.3 Å². The summed E-state index contributed by atoms with van der Waals surface area (Å²) in [5, 5.41) is 4.02. The third-order valence-electron chi connectivity index (χ3n) is 4.43. The Bertz CT molecular complexity index is 444. The van der Waals surface area contributed by atoms with Gasteiger partial charge < -0.3 is 5.32 Å². The molecular formula is C17H24BrNO. The second kappa shape index (κ2) is 6.75. The molecular weight excluding hydrogens is 314 g/mol. The van der Waals surface area contributed by atoms with E-state index in [0.717, 1.165) is 24.6 Å². The minimum Gasteiger partial charge on any atom is -0.352 e. The second-order valence-corrected chi connectivity index (χ2v) is 7.13. The predicted octanol–water partition coefficient (Wildman–Crippen LogP) is 3.94. The molecule has 1 saturated carbocycles. The molecule has 2 atom stereocenters. The van der Waals surface area contributed by atoms with Gasteiger partial charge in [-0.05, 0) is 30.2 Å². The summed E-state index contributed by atoms with van der Waals surface area (Å²) in [7, 11) is 0. The molecule has 0 saturated heterocycles. The number of carbonyl (C=O) groups excluding carboxylic acids is 1. The lowest BCUT2D eigenvalue weighted by Gasteiger charge is -2.28. The molecule has 2 nitrogen and oxygen atoms in total. The molecule has 2 rings (SSSR count). The number of alkyl halides is 1. The minimum absolute atomic E-state index is 0.147. The molecule has 1 fully saturated rings. The monoisotopic (exact) mass is 337 g/mol.